The third-order valence-electron chi connectivity index (χ3n) is 3.97. The number of hydrogen-bond donors (Lipinski definition) is 3. The first kappa shape index (κ1) is 15.4. The first-order chi connectivity index (χ1) is 10.2. The second kappa shape index (κ2) is 7.17. The lowest BCUT2D eigenvalue weighted by Crippen LogP contribution is -2.42. The maximum Gasteiger partial charge on any atom is 0.172 e. The Morgan fingerprint density at radius 3 is 2.76 bits per heavy atom. The molecule has 0 amide bonds. The predicted molar refractivity (Wildman–Crippen MR) is 82.2 cm³/mol. The van der Waals surface area contributed by atoms with Gasteiger partial charge in [0.2, 0.25) is 0 Å². The summed E-state index contributed by atoms with van der Waals surface area (Å²) in [6.45, 7) is 0.881. The first-order valence-corrected chi connectivity index (χ1v) is 7.24. The molecule has 2 rings (SSSR count). The highest BCUT2D eigenvalue weighted by atomic mass is 16.5. The summed E-state index contributed by atoms with van der Waals surface area (Å²) in [7, 11) is 1.61. The second-order valence-corrected chi connectivity index (χ2v) is 5.22. The third kappa shape index (κ3) is 3.39. The Morgan fingerprint density at radius 2 is 2.24 bits per heavy atom. The number of oxime groups is 1. The summed E-state index contributed by atoms with van der Waals surface area (Å²) >= 11 is 0. The van der Waals surface area contributed by atoms with Crippen LogP contribution in [0.15, 0.2) is 23.4 Å². The SMILES string of the molecule is COc1ccc(/C(N)=N/O)c(N(CCCO)C2CCC2)c1. The van der Waals surface area contributed by atoms with Crippen LogP contribution in [0, 0.1) is 0 Å². The van der Waals surface area contributed by atoms with Crippen LogP contribution in [0.1, 0.15) is 31.2 Å². The highest BCUT2D eigenvalue weighted by Gasteiger charge is 2.27. The van der Waals surface area contributed by atoms with E-state index >= 15 is 0 Å². The fourth-order valence-corrected chi connectivity index (χ4v) is 2.59. The second-order valence-electron chi connectivity index (χ2n) is 5.22. The van der Waals surface area contributed by atoms with E-state index in [1.165, 1.54) is 6.42 Å². The summed E-state index contributed by atoms with van der Waals surface area (Å²) in [6.07, 6.45) is 4.14. The zero-order valence-corrected chi connectivity index (χ0v) is 12.3. The standard InChI is InChI=1S/C15H23N3O3/c1-21-12-6-7-13(15(16)17-20)14(10-12)18(8-3-9-19)11-4-2-5-11/h6-7,10-11,19-20H,2-5,8-9H2,1H3,(H2,16,17). The molecule has 0 saturated heterocycles. The molecule has 0 heterocycles. The van der Waals surface area contributed by atoms with E-state index in [-0.39, 0.29) is 12.4 Å². The quantitative estimate of drug-likeness (QED) is 0.307. The van der Waals surface area contributed by atoms with Gasteiger partial charge in [-0.05, 0) is 37.8 Å². The molecule has 6 nitrogen and oxygen atoms in total. The maximum atomic E-state index is 9.12. The number of methoxy groups -OCH3 is 1. The van der Waals surface area contributed by atoms with E-state index in [1.54, 1.807) is 19.2 Å². The van der Waals surface area contributed by atoms with Crippen LogP contribution in [0.3, 0.4) is 0 Å². The largest absolute Gasteiger partial charge is 0.497 e. The number of nitrogens with zero attached hydrogens (tertiary/aromatic N) is 2. The highest BCUT2D eigenvalue weighted by Crippen LogP contribution is 2.34. The van der Waals surface area contributed by atoms with Gasteiger partial charge in [0.1, 0.15) is 5.75 Å². The summed E-state index contributed by atoms with van der Waals surface area (Å²) < 4.78 is 5.29. The number of hydrogen-bond acceptors (Lipinski definition) is 5. The topological polar surface area (TPSA) is 91.3 Å². The monoisotopic (exact) mass is 293 g/mol. The van der Waals surface area contributed by atoms with Crippen LogP contribution in [-0.2, 0) is 0 Å². The van der Waals surface area contributed by atoms with E-state index in [0.717, 1.165) is 30.8 Å². The van der Waals surface area contributed by atoms with E-state index in [0.29, 0.717) is 18.0 Å². The van der Waals surface area contributed by atoms with Crippen molar-refractivity contribution in [1.82, 2.24) is 0 Å². The molecule has 0 aromatic heterocycles. The van der Waals surface area contributed by atoms with E-state index in [2.05, 4.69) is 10.1 Å². The van der Waals surface area contributed by atoms with Gasteiger partial charge in [-0.25, -0.2) is 0 Å². The minimum atomic E-state index is 0.0842. The van der Waals surface area contributed by atoms with Crippen molar-refractivity contribution in [2.45, 2.75) is 31.7 Å². The molecule has 1 fully saturated rings. The summed E-state index contributed by atoms with van der Waals surface area (Å²) in [5.74, 6) is 0.814. The predicted octanol–water partition coefficient (Wildman–Crippen LogP) is 1.53. The summed E-state index contributed by atoms with van der Waals surface area (Å²) in [5, 5.41) is 21.2. The summed E-state index contributed by atoms with van der Waals surface area (Å²) in [5.41, 5.74) is 7.37. The molecule has 116 valence electrons. The van der Waals surface area contributed by atoms with Crippen molar-refractivity contribution in [2.75, 3.05) is 25.2 Å². The van der Waals surface area contributed by atoms with Crippen LogP contribution in [0.5, 0.6) is 5.75 Å². The molecule has 1 aromatic rings. The van der Waals surface area contributed by atoms with Gasteiger partial charge >= 0.3 is 0 Å². The van der Waals surface area contributed by atoms with E-state index < -0.39 is 0 Å². The van der Waals surface area contributed by atoms with Crippen molar-refractivity contribution in [3.8, 4) is 5.75 Å². The molecule has 4 N–H and O–H groups in total. The molecule has 0 aliphatic heterocycles. The van der Waals surface area contributed by atoms with Gasteiger partial charge in [-0.1, -0.05) is 5.16 Å². The molecule has 0 unspecified atom stereocenters. The number of amidine groups is 1. The van der Waals surface area contributed by atoms with Gasteiger partial charge in [0.15, 0.2) is 5.84 Å². The molecule has 1 saturated carbocycles. The van der Waals surface area contributed by atoms with Gasteiger partial charge in [-0.15, -0.1) is 0 Å². The zero-order valence-electron chi connectivity index (χ0n) is 12.3. The van der Waals surface area contributed by atoms with E-state index in [9.17, 15) is 0 Å². The van der Waals surface area contributed by atoms with Crippen molar-refractivity contribution in [2.24, 2.45) is 10.9 Å². The van der Waals surface area contributed by atoms with Gasteiger partial charge in [0.25, 0.3) is 0 Å². The Bertz CT molecular complexity index is 501. The average molecular weight is 293 g/mol. The molecule has 0 atom stereocenters. The van der Waals surface area contributed by atoms with Gasteiger partial charge in [-0.2, -0.15) is 0 Å². The Hall–Kier alpha value is -1.95. The maximum absolute atomic E-state index is 9.12. The number of rotatable bonds is 7. The molecule has 1 aliphatic rings. The van der Waals surface area contributed by atoms with Crippen LogP contribution in [0.4, 0.5) is 5.69 Å². The molecule has 0 spiro atoms. The lowest BCUT2D eigenvalue weighted by Gasteiger charge is -2.40. The highest BCUT2D eigenvalue weighted by molar-refractivity contribution is 6.02. The van der Waals surface area contributed by atoms with Crippen molar-refractivity contribution >= 4 is 11.5 Å². The molecule has 6 heteroatoms. The minimum Gasteiger partial charge on any atom is -0.497 e. The fourth-order valence-electron chi connectivity index (χ4n) is 2.59. The molecule has 1 aromatic carbocycles. The van der Waals surface area contributed by atoms with Crippen LogP contribution in [0.25, 0.3) is 0 Å². The molecule has 0 radical (unpaired) electrons. The molecule has 21 heavy (non-hydrogen) atoms. The number of nitrogens with two attached hydrogens (primary N) is 1. The van der Waals surface area contributed by atoms with E-state index in [4.69, 9.17) is 20.8 Å². The summed E-state index contributed by atoms with van der Waals surface area (Å²) in [6, 6.07) is 5.94. The molecular formula is C15H23N3O3. The Labute approximate surface area is 124 Å². The number of benzene rings is 1. The molecule has 1 aliphatic carbocycles. The van der Waals surface area contributed by atoms with Crippen molar-refractivity contribution in [1.29, 1.82) is 0 Å². The Balaban J connectivity index is 2.39. The third-order valence-corrected chi connectivity index (χ3v) is 3.97. The van der Waals surface area contributed by atoms with Crippen molar-refractivity contribution < 1.29 is 15.1 Å². The number of aliphatic hydroxyl groups is 1. The summed E-state index contributed by atoms with van der Waals surface area (Å²) in [4.78, 5) is 2.23. The average Bonchev–Trinajstić information content (AvgIpc) is 2.48. The van der Waals surface area contributed by atoms with Crippen LogP contribution >= 0.6 is 0 Å². The zero-order chi connectivity index (χ0) is 15.2. The van der Waals surface area contributed by atoms with Crippen LogP contribution in [0.2, 0.25) is 0 Å². The van der Waals surface area contributed by atoms with E-state index in [1.807, 2.05) is 6.07 Å². The number of anilines is 1. The molecule has 0 bridgehead atoms. The molecular weight excluding hydrogens is 270 g/mol. The number of aliphatic hydroxyl groups excluding tert-OH is 1. The van der Waals surface area contributed by atoms with Gasteiger partial charge in [0, 0.05) is 30.8 Å². The fraction of sp³-hybridized carbons (Fsp3) is 0.533. The smallest absolute Gasteiger partial charge is 0.172 e. The lowest BCUT2D eigenvalue weighted by molar-refractivity contribution is 0.283. The Morgan fingerprint density at radius 1 is 1.48 bits per heavy atom. The van der Waals surface area contributed by atoms with Gasteiger partial charge in [0.05, 0.1) is 12.8 Å². The first-order valence-electron chi connectivity index (χ1n) is 7.24. The lowest BCUT2D eigenvalue weighted by atomic mass is 9.90. The Kier molecular flexibility index (Phi) is 5.27. The van der Waals surface area contributed by atoms with Crippen LogP contribution in [-0.4, -0.2) is 42.5 Å². The van der Waals surface area contributed by atoms with Crippen LogP contribution < -0.4 is 15.4 Å². The van der Waals surface area contributed by atoms with Gasteiger partial charge in [-0.3, -0.25) is 0 Å². The minimum absolute atomic E-state index is 0.0842. The normalized spacial score (nSPS) is 15.6. The number of ether oxygens (including phenoxy) is 1. The van der Waals surface area contributed by atoms with Gasteiger partial charge < -0.3 is 25.7 Å². The van der Waals surface area contributed by atoms with Crippen molar-refractivity contribution in [3.63, 3.8) is 0 Å². The van der Waals surface area contributed by atoms with Crippen molar-refractivity contribution in [3.05, 3.63) is 23.8 Å².